The van der Waals surface area contributed by atoms with Crippen LogP contribution in [0.4, 0.5) is 0 Å². The number of aromatic amines is 1. The summed E-state index contributed by atoms with van der Waals surface area (Å²) in [5.74, 6) is 1.24. The van der Waals surface area contributed by atoms with Gasteiger partial charge in [-0.15, -0.1) is 0 Å². The molecule has 0 radical (unpaired) electrons. The summed E-state index contributed by atoms with van der Waals surface area (Å²) in [6.07, 6.45) is 0.630. The Kier molecular flexibility index (Phi) is 5.86. The fraction of sp³-hybridized carbons (Fsp3) is 0.286. The number of aromatic nitrogens is 2. The molecule has 3 aromatic rings. The van der Waals surface area contributed by atoms with Crippen LogP contribution in [0.2, 0.25) is 0 Å². The third-order valence-electron chi connectivity index (χ3n) is 4.32. The van der Waals surface area contributed by atoms with Gasteiger partial charge in [0.1, 0.15) is 11.6 Å². The highest BCUT2D eigenvalue weighted by molar-refractivity contribution is 5.78. The second kappa shape index (κ2) is 8.49. The minimum atomic E-state index is -0.182. The Labute approximate surface area is 157 Å². The van der Waals surface area contributed by atoms with Crippen LogP contribution in [-0.2, 0) is 11.2 Å². The first kappa shape index (κ1) is 18.6. The highest BCUT2D eigenvalue weighted by Gasteiger charge is 2.11. The Bertz CT molecular complexity index is 980. The molecule has 27 heavy (non-hydrogen) atoms. The number of nitrogens with zero attached hydrogens (tertiary/aromatic N) is 1. The van der Waals surface area contributed by atoms with E-state index in [-0.39, 0.29) is 23.9 Å². The largest absolute Gasteiger partial charge is 0.494 e. The van der Waals surface area contributed by atoms with Crippen LogP contribution in [-0.4, -0.2) is 22.5 Å². The van der Waals surface area contributed by atoms with E-state index in [0.717, 1.165) is 11.3 Å². The molecular weight excluding hydrogens is 342 g/mol. The van der Waals surface area contributed by atoms with Crippen molar-refractivity contribution in [2.45, 2.75) is 32.7 Å². The maximum absolute atomic E-state index is 12.3. The number of nitrogens with one attached hydrogen (secondary N) is 2. The van der Waals surface area contributed by atoms with Crippen molar-refractivity contribution in [3.8, 4) is 5.75 Å². The van der Waals surface area contributed by atoms with Crippen molar-refractivity contribution in [1.82, 2.24) is 15.3 Å². The van der Waals surface area contributed by atoms with Gasteiger partial charge < -0.3 is 15.0 Å². The molecule has 140 valence electrons. The highest BCUT2D eigenvalue weighted by atomic mass is 16.5. The zero-order valence-corrected chi connectivity index (χ0v) is 15.5. The number of para-hydroxylation sites is 1. The molecule has 2 aromatic carbocycles. The first-order valence-corrected chi connectivity index (χ1v) is 9.07. The van der Waals surface area contributed by atoms with E-state index >= 15 is 0 Å². The third-order valence-corrected chi connectivity index (χ3v) is 4.32. The number of carbonyl (C=O) groups is 1. The average Bonchev–Trinajstić information content (AvgIpc) is 2.67. The van der Waals surface area contributed by atoms with E-state index in [1.807, 2.05) is 44.2 Å². The van der Waals surface area contributed by atoms with E-state index in [9.17, 15) is 9.59 Å². The van der Waals surface area contributed by atoms with Crippen LogP contribution in [0.15, 0.2) is 53.3 Å². The Morgan fingerprint density at radius 2 is 1.93 bits per heavy atom. The van der Waals surface area contributed by atoms with Crippen molar-refractivity contribution in [3.63, 3.8) is 0 Å². The number of H-pyrrole nitrogens is 1. The molecule has 2 N–H and O–H groups in total. The van der Waals surface area contributed by atoms with Gasteiger partial charge in [-0.05, 0) is 43.7 Å². The van der Waals surface area contributed by atoms with Crippen LogP contribution in [0.5, 0.6) is 5.75 Å². The van der Waals surface area contributed by atoms with Crippen molar-refractivity contribution < 1.29 is 9.53 Å². The molecule has 1 heterocycles. The van der Waals surface area contributed by atoms with Crippen LogP contribution in [0.1, 0.15) is 37.7 Å². The Balaban J connectivity index is 1.58. The quantitative estimate of drug-likeness (QED) is 0.674. The molecular formula is C21H23N3O3. The molecule has 1 aromatic heterocycles. The van der Waals surface area contributed by atoms with Crippen LogP contribution >= 0.6 is 0 Å². The summed E-state index contributed by atoms with van der Waals surface area (Å²) in [5.41, 5.74) is 1.46. The summed E-state index contributed by atoms with van der Waals surface area (Å²) in [7, 11) is 0. The predicted octanol–water partition coefficient (Wildman–Crippen LogP) is 3.13. The Morgan fingerprint density at radius 3 is 2.67 bits per heavy atom. The monoisotopic (exact) mass is 365 g/mol. The maximum atomic E-state index is 12.3. The minimum Gasteiger partial charge on any atom is -0.494 e. The van der Waals surface area contributed by atoms with E-state index < -0.39 is 0 Å². The first-order valence-electron chi connectivity index (χ1n) is 9.07. The highest BCUT2D eigenvalue weighted by Crippen LogP contribution is 2.17. The van der Waals surface area contributed by atoms with Gasteiger partial charge in [0, 0.05) is 12.8 Å². The zero-order chi connectivity index (χ0) is 19.2. The van der Waals surface area contributed by atoms with Gasteiger partial charge in [-0.2, -0.15) is 0 Å². The number of aryl methyl sites for hydroxylation is 1. The van der Waals surface area contributed by atoms with Crippen molar-refractivity contribution in [2.75, 3.05) is 6.61 Å². The molecule has 6 heteroatoms. The third kappa shape index (κ3) is 4.73. The molecule has 3 rings (SSSR count). The molecule has 1 unspecified atom stereocenters. The van der Waals surface area contributed by atoms with Gasteiger partial charge in [-0.25, -0.2) is 4.98 Å². The number of benzene rings is 2. The molecule has 0 fully saturated rings. The summed E-state index contributed by atoms with van der Waals surface area (Å²) in [4.78, 5) is 31.5. The zero-order valence-electron chi connectivity index (χ0n) is 15.5. The molecule has 0 aliphatic carbocycles. The number of ether oxygens (including phenoxy) is 1. The van der Waals surface area contributed by atoms with Crippen molar-refractivity contribution in [1.29, 1.82) is 0 Å². The Morgan fingerprint density at radius 1 is 1.19 bits per heavy atom. The van der Waals surface area contributed by atoms with Gasteiger partial charge in [0.25, 0.3) is 5.56 Å². The SMILES string of the molecule is CCOc1ccc(C(C)NC(=O)CCc2nc3ccccc3c(=O)[nH]2)cc1. The molecule has 0 spiro atoms. The van der Waals surface area contributed by atoms with E-state index in [4.69, 9.17) is 4.74 Å². The second-order valence-corrected chi connectivity index (χ2v) is 6.32. The lowest BCUT2D eigenvalue weighted by molar-refractivity contribution is -0.121. The fourth-order valence-corrected chi connectivity index (χ4v) is 2.90. The number of hydrogen-bond donors (Lipinski definition) is 2. The normalized spacial score (nSPS) is 11.9. The van der Waals surface area contributed by atoms with Crippen molar-refractivity contribution in [3.05, 3.63) is 70.3 Å². The summed E-state index contributed by atoms with van der Waals surface area (Å²) < 4.78 is 5.43. The first-order chi connectivity index (χ1) is 13.1. The predicted molar refractivity (Wildman–Crippen MR) is 105 cm³/mol. The maximum Gasteiger partial charge on any atom is 0.258 e. The van der Waals surface area contributed by atoms with Crippen LogP contribution in [0.3, 0.4) is 0 Å². The van der Waals surface area contributed by atoms with Gasteiger partial charge >= 0.3 is 0 Å². The van der Waals surface area contributed by atoms with Crippen LogP contribution in [0, 0.1) is 0 Å². The molecule has 0 aliphatic rings. The molecule has 6 nitrogen and oxygen atoms in total. The summed E-state index contributed by atoms with van der Waals surface area (Å²) in [6.45, 7) is 4.49. The molecule has 1 atom stereocenters. The fourth-order valence-electron chi connectivity index (χ4n) is 2.90. The van der Waals surface area contributed by atoms with Gasteiger partial charge in [0.2, 0.25) is 5.91 Å². The topological polar surface area (TPSA) is 84.1 Å². The van der Waals surface area contributed by atoms with Crippen molar-refractivity contribution >= 4 is 16.8 Å². The lowest BCUT2D eigenvalue weighted by Gasteiger charge is -2.15. The number of amides is 1. The number of carbonyl (C=O) groups excluding carboxylic acids is 1. The molecule has 0 saturated carbocycles. The second-order valence-electron chi connectivity index (χ2n) is 6.32. The van der Waals surface area contributed by atoms with E-state index in [0.29, 0.717) is 29.8 Å². The van der Waals surface area contributed by atoms with Gasteiger partial charge in [-0.1, -0.05) is 24.3 Å². The van der Waals surface area contributed by atoms with Gasteiger partial charge in [0.05, 0.1) is 23.6 Å². The molecule has 0 bridgehead atoms. The summed E-state index contributed by atoms with van der Waals surface area (Å²) in [5, 5.41) is 3.52. The number of hydrogen-bond acceptors (Lipinski definition) is 4. The smallest absolute Gasteiger partial charge is 0.258 e. The van der Waals surface area contributed by atoms with Crippen molar-refractivity contribution in [2.24, 2.45) is 0 Å². The number of fused-ring (bicyclic) bond motifs is 1. The Hall–Kier alpha value is -3.15. The van der Waals surface area contributed by atoms with Crippen LogP contribution < -0.4 is 15.6 Å². The van der Waals surface area contributed by atoms with E-state index in [2.05, 4.69) is 15.3 Å². The lowest BCUT2D eigenvalue weighted by Crippen LogP contribution is -2.27. The summed E-state index contributed by atoms with van der Waals surface area (Å²) >= 11 is 0. The standard InChI is InChI=1S/C21H23N3O3/c1-3-27-16-10-8-15(9-11-16)14(2)22-20(25)13-12-19-23-18-7-5-4-6-17(18)21(26)24-19/h4-11,14H,3,12-13H2,1-2H3,(H,22,25)(H,23,24,26). The number of rotatable bonds is 7. The van der Waals surface area contributed by atoms with E-state index in [1.54, 1.807) is 18.2 Å². The minimum absolute atomic E-state index is 0.0906. The molecule has 0 aliphatic heterocycles. The van der Waals surface area contributed by atoms with Gasteiger partial charge in [0.15, 0.2) is 0 Å². The van der Waals surface area contributed by atoms with E-state index in [1.165, 1.54) is 0 Å². The molecule has 1 amide bonds. The molecule has 0 saturated heterocycles. The summed E-state index contributed by atoms with van der Waals surface area (Å²) in [6, 6.07) is 14.7. The average molecular weight is 365 g/mol. The van der Waals surface area contributed by atoms with Gasteiger partial charge in [-0.3, -0.25) is 9.59 Å². The lowest BCUT2D eigenvalue weighted by atomic mass is 10.1. The van der Waals surface area contributed by atoms with Crippen LogP contribution in [0.25, 0.3) is 10.9 Å².